The molecule has 294 valence electrons. The van der Waals surface area contributed by atoms with Gasteiger partial charge < -0.3 is 26.0 Å². The summed E-state index contributed by atoms with van der Waals surface area (Å²) in [5.74, 6) is 0.964. The van der Waals surface area contributed by atoms with Gasteiger partial charge in [-0.25, -0.2) is 9.97 Å². The number of nitrogens with two attached hydrogens (primary N) is 2. The number of hydrogen-bond acceptors (Lipinski definition) is 15. The minimum Gasteiger partial charge on any atom is -0.463 e. The van der Waals surface area contributed by atoms with Gasteiger partial charge in [0.2, 0.25) is 0 Å². The predicted octanol–water partition coefficient (Wildman–Crippen LogP) is 6.44. The fourth-order valence-electron chi connectivity index (χ4n) is 7.27. The number of nitrogen functional groups attached to an aromatic ring is 2. The highest BCUT2D eigenvalue weighted by molar-refractivity contribution is 7.12. The second kappa shape index (κ2) is 18.7. The highest BCUT2D eigenvalue weighted by Crippen LogP contribution is 2.40. The van der Waals surface area contributed by atoms with Crippen LogP contribution in [0, 0.1) is 0 Å². The van der Waals surface area contributed by atoms with Crippen molar-refractivity contribution in [1.82, 2.24) is 39.7 Å². The van der Waals surface area contributed by atoms with Gasteiger partial charge in [-0.2, -0.15) is 19.9 Å². The first-order valence-electron chi connectivity index (χ1n) is 19.9. The molecule has 1 unspecified atom stereocenters. The fourth-order valence-corrected chi connectivity index (χ4v) is 9.23. The largest absolute Gasteiger partial charge is 0.463 e. The van der Waals surface area contributed by atoms with Crippen LogP contribution in [-0.2, 0) is 32.4 Å². The molecule has 0 spiro atoms. The van der Waals surface area contributed by atoms with E-state index in [2.05, 4.69) is 59.6 Å². The summed E-state index contributed by atoms with van der Waals surface area (Å²) in [6, 6.07) is 0.676. The standard InChI is InChI=1S/C20H27N5O2S.C20H27N5OS/c1-2-3-10-27-20-23-17-13(6-7-14(17)19(21)24-20)18(26)15-11-22-16(28-15)12-25-8-4-5-9-25;1-2-3-10-26-20-23-18-14(6-7-16(18)19(21)24-20)11-15-12-22-17(27-15)13-25-8-4-5-9-25/h6,11,18,26H,2-5,7-10,12H2,1H3,(H2,21,23,24);6,12H,2-5,7-11,13H2,1H3,(H2,21,23,24). The van der Waals surface area contributed by atoms with E-state index in [0.29, 0.717) is 43.0 Å². The maximum Gasteiger partial charge on any atom is 0.318 e. The van der Waals surface area contributed by atoms with Gasteiger partial charge in [-0.3, -0.25) is 9.80 Å². The van der Waals surface area contributed by atoms with Gasteiger partial charge in [0.1, 0.15) is 27.8 Å². The molecule has 2 aliphatic carbocycles. The number of anilines is 2. The van der Waals surface area contributed by atoms with Crippen molar-refractivity contribution in [1.29, 1.82) is 0 Å². The Hall–Kier alpha value is -4.02. The molecule has 15 heteroatoms. The van der Waals surface area contributed by atoms with E-state index >= 15 is 0 Å². The zero-order chi connectivity index (χ0) is 38.1. The Morgan fingerprint density at radius 3 is 1.89 bits per heavy atom. The number of rotatable bonds is 16. The van der Waals surface area contributed by atoms with Crippen LogP contribution < -0.4 is 20.9 Å². The van der Waals surface area contributed by atoms with Crippen LogP contribution in [0.1, 0.15) is 114 Å². The quantitative estimate of drug-likeness (QED) is 0.106. The van der Waals surface area contributed by atoms with Gasteiger partial charge in [0.05, 0.1) is 42.6 Å². The van der Waals surface area contributed by atoms with E-state index in [9.17, 15) is 5.11 Å². The predicted molar refractivity (Wildman–Crippen MR) is 219 cm³/mol. The zero-order valence-electron chi connectivity index (χ0n) is 32.1. The SMILES string of the molecule is CCCCOc1nc(N)c2c(n1)C(C(O)c1cnc(CN3CCCC3)s1)=CC2.CCCCOc1nc(N)c2c(n1)C(Cc1cnc(CN3CCCC3)s1)=CC2. The van der Waals surface area contributed by atoms with Crippen molar-refractivity contribution in [3.05, 3.63) is 66.8 Å². The highest BCUT2D eigenvalue weighted by Gasteiger charge is 2.28. The first kappa shape index (κ1) is 39.2. The summed E-state index contributed by atoms with van der Waals surface area (Å²) in [6.45, 7) is 11.9. The van der Waals surface area contributed by atoms with Crippen LogP contribution in [0.15, 0.2) is 24.5 Å². The summed E-state index contributed by atoms with van der Waals surface area (Å²) in [5, 5.41) is 13.2. The third kappa shape index (κ3) is 9.87. The summed E-state index contributed by atoms with van der Waals surface area (Å²) in [4.78, 5) is 33.9. The lowest BCUT2D eigenvalue weighted by molar-refractivity contribution is 0.241. The van der Waals surface area contributed by atoms with Crippen molar-refractivity contribution in [2.75, 3.05) is 50.9 Å². The minimum absolute atomic E-state index is 0.281. The van der Waals surface area contributed by atoms with E-state index in [1.54, 1.807) is 28.9 Å². The van der Waals surface area contributed by atoms with E-state index in [-0.39, 0.29) is 6.01 Å². The van der Waals surface area contributed by atoms with E-state index in [0.717, 1.165) is 97.0 Å². The van der Waals surface area contributed by atoms with Crippen molar-refractivity contribution in [3.63, 3.8) is 0 Å². The minimum atomic E-state index is -0.760. The Morgan fingerprint density at radius 2 is 1.27 bits per heavy atom. The van der Waals surface area contributed by atoms with Gasteiger partial charge in [-0.1, -0.05) is 38.8 Å². The molecule has 55 heavy (non-hydrogen) atoms. The summed E-state index contributed by atoms with van der Waals surface area (Å²) < 4.78 is 11.3. The van der Waals surface area contributed by atoms with E-state index in [1.165, 1.54) is 54.2 Å². The van der Waals surface area contributed by atoms with Gasteiger partial charge in [-0.15, -0.1) is 22.7 Å². The van der Waals surface area contributed by atoms with Crippen molar-refractivity contribution >= 4 is 45.5 Å². The van der Waals surface area contributed by atoms with Gasteiger partial charge >= 0.3 is 12.0 Å². The number of likely N-dealkylation sites (tertiary alicyclic amines) is 2. The highest BCUT2D eigenvalue weighted by atomic mass is 32.1. The molecule has 2 fully saturated rings. The molecule has 0 amide bonds. The third-order valence-corrected chi connectivity index (χ3v) is 12.4. The van der Waals surface area contributed by atoms with Crippen molar-refractivity contribution < 1.29 is 14.6 Å². The van der Waals surface area contributed by atoms with E-state index in [4.69, 9.17) is 20.9 Å². The van der Waals surface area contributed by atoms with Crippen LogP contribution in [0.25, 0.3) is 11.1 Å². The number of fused-ring (bicyclic) bond motifs is 2. The molecule has 6 heterocycles. The lowest BCUT2D eigenvalue weighted by atomic mass is 10.1. The zero-order valence-corrected chi connectivity index (χ0v) is 33.8. The molecule has 2 saturated heterocycles. The van der Waals surface area contributed by atoms with E-state index < -0.39 is 6.10 Å². The monoisotopic (exact) mass is 786 g/mol. The number of hydrogen-bond donors (Lipinski definition) is 3. The fraction of sp³-hybridized carbons (Fsp3) is 0.550. The second-order valence-electron chi connectivity index (χ2n) is 14.6. The van der Waals surface area contributed by atoms with Crippen molar-refractivity contribution in [2.45, 2.75) is 104 Å². The summed E-state index contributed by atoms with van der Waals surface area (Å²) in [7, 11) is 0. The average Bonchev–Trinajstić information content (AvgIpc) is 4.03. The molecule has 0 radical (unpaired) electrons. The van der Waals surface area contributed by atoms with E-state index in [1.807, 2.05) is 12.3 Å². The Morgan fingerprint density at radius 1 is 0.727 bits per heavy atom. The smallest absolute Gasteiger partial charge is 0.318 e. The molecule has 4 aromatic rings. The molecule has 4 aliphatic rings. The van der Waals surface area contributed by atoms with Gasteiger partial charge in [0, 0.05) is 40.4 Å². The number of aromatic nitrogens is 6. The number of ether oxygens (including phenoxy) is 2. The van der Waals surface area contributed by atoms with Crippen molar-refractivity contribution in [2.24, 2.45) is 0 Å². The number of thiazole rings is 2. The van der Waals surface area contributed by atoms with Crippen LogP contribution in [0.2, 0.25) is 0 Å². The molecule has 0 saturated carbocycles. The maximum atomic E-state index is 11.0. The molecular formula is C40H54N10O3S2. The Balaban J connectivity index is 0.000000169. The molecule has 13 nitrogen and oxygen atoms in total. The van der Waals surface area contributed by atoms with Crippen LogP contribution in [0.5, 0.6) is 12.0 Å². The number of allylic oxidation sites excluding steroid dienone is 3. The summed E-state index contributed by atoms with van der Waals surface area (Å²) in [6.07, 6.45) is 18.7. The molecule has 0 aromatic carbocycles. The summed E-state index contributed by atoms with van der Waals surface area (Å²) in [5.41, 5.74) is 17.8. The van der Waals surface area contributed by atoms with Crippen LogP contribution in [0.3, 0.4) is 0 Å². The van der Waals surface area contributed by atoms with Gasteiger partial charge in [-0.05, 0) is 83.1 Å². The number of unbranched alkanes of at least 4 members (excludes halogenated alkanes) is 2. The lowest BCUT2D eigenvalue weighted by Crippen LogP contribution is -2.17. The summed E-state index contributed by atoms with van der Waals surface area (Å²) >= 11 is 3.37. The Labute approximate surface area is 332 Å². The molecule has 8 rings (SSSR count). The molecule has 5 N–H and O–H groups in total. The first-order chi connectivity index (χ1) is 26.9. The third-order valence-electron chi connectivity index (χ3n) is 10.4. The second-order valence-corrected chi connectivity index (χ2v) is 16.9. The topological polar surface area (TPSA) is 175 Å². The van der Waals surface area contributed by atoms with Crippen LogP contribution in [-0.4, -0.2) is 84.2 Å². The molecule has 4 aromatic heterocycles. The molecular weight excluding hydrogens is 733 g/mol. The normalized spacial score (nSPS) is 17.1. The molecule has 0 bridgehead atoms. The van der Waals surface area contributed by atoms with Crippen molar-refractivity contribution in [3.8, 4) is 12.0 Å². The van der Waals surface area contributed by atoms with Crippen LogP contribution in [0.4, 0.5) is 11.6 Å². The number of aliphatic hydroxyl groups is 1. The van der Waals surface area contributed by atoms with Gasteiger partial charge in [0.15, 0.2) is 0 Å². The average molecular weight is 787 g/mol. The van der Waals surface area contributed by atoms with Gasteiger partial charge in [0.25, 0.3) is 0 Å². The molecule has 1 atom stereocenters. The number of nitrogens with zero attached hydrogens (tertiary/aromatic N) is 8. The first-order valence-corrected chi connectivity index (χ1v) is 21.5. The Bertz CT molecular complexity index is 1970. The lowest BCUT2D eigenvalue weighted by Gasteiger charge is -2.13. The Kier molecular flexibility index (Phi) is 13.4. The maximum absolute atomic E-state index is 11.0. The molecule has 2 aliphatic heterocycles. The number of aliphatic hydroxyl groups excluding tert-OH is 1. The van der Waals surface area contributed by atoms with Crippen LogP contribution >= 0.6 is 22.7 Å².